The zero-order valence-electron chi connectivity index (χ0n) is 13.9. The van der Waals surface area contributed by atoms with E-state index in [1.54, 1.807) is 17.4 Å². The van der Waals surface area contributed by atoms with Crippen molar-refractivity contribution in [3.63, 3.8) is 0 Å². The van der Waals surface area contributed by atoms with Crippen molar-refractivity contribution in [2.45, 2.75) is 25.3 Å². The summed E-state index contributed by atoms with van der Waals surface area (Å²) in [5.41, 5.74) is 2.58. The predicted molar refractivity (Wildman–Crippen MR) is 93.9 cm³/mol. The molecule has 1 aromatic heterocycles. The number of aromatic nitrogens is 2. The summed E-state index contributed by atoms with van der Waals surface area (Å²) in [5, 5.41) is 6.00. The van der Waals surface area contributed by atoms with Crippen LogP contribution in [0.5, 0.6) is 0 Å². The molecule has 0 spiro atoms. The van der Waals surface area contributed by atoms with Crippen LogP contribution in [0.4, 0.5) is 10.5 Å². The number of hydrogen-bond donors (Lipinski definition) is 3. The number of nitrogens with zero attached hydrogens (tertiary/aromatic N) is 2. The van der Waals surface area contributed by atoms with E-state index >= 15 is 0 Å². The summed E-state index contributed by atoms with van der Waals surface area (Å²) in [6.45, 7) is 1.04. The van der Waals surface area contributed by atoms with Gasteiger partial charge in [0.05, 0.1) is 24.1 Å². The predicted octanol–water partition coefficient (Wildman–Crippen LogP) is 2.21. The van der Waals surface area contributed by atoms with Crippen LogP contribution in [0.2, 0.25) is 0 Å². The van der Waals surface area contributed by atoms with Gasteiger partial charge in [0, 0.05) is 30.4 Å². The van der Waals surface area contributed by atoms with Gasteiger partial charge in [0.2, 0.25) is 5.91 Å². The molecule has 3 N–H and O–H groups in total. The number of carbonyl (C=O) groups excluding carboxylic acids is 2. The first kappa shape index (κ1) is 15.7. The molecule has 7 heteroatoms. The number of carbonyl (C=O) groups is 2. The van der Waals surface area contributed by atoms with Crippen molar-refractivity contribution in [3.8, 4) is 11.3 Å². The van der Waals surface area contributed by atoms with E-state index in [1.807, 2.05) is 24.3 Å². The highest BCUT2D eigenvalue weighted by molar-refractivity contribution is 5.91. The van der Waals surface area contributed by atoms with Crippen molar-refractivity contribution < 1.29 is 9.59 Å². The van der Waals surface area contributed by atoms with Crippen LogP contribution in [0.25, 0.3) is 11.3 Å². The summed E-state index contributed by atoms with van der Waals surface area (Å²) < 4.78 is 0. The highest BCUT2D eigenvalue weighted by atomic mass is 16.2. The number of anilines is 1. The zero-order chi connectivity index (χ0) is 17.2. The van der Waals surface area contributed by atoms with Gasteiger partial charge in [-0.05, 0) is 25.0 Å². The Labute approximate surface area is 145 Å². The van der Waals surface area contributed by atoms with Crippen LogP contribution >= 0.6 is 0 Å². The monoisotopic (exact) mass is 339 g/mol. The molecule has 2 aliphatic heterocycles. The fourth-order valence-corrected chi connectivity index (χ4v) is 3.60. The Morgan fingerprint density at radius 1 is 1.28 bits per heavy atom. The average Bonchev–Trinajstić information content (AvgIpc) is 3.00. The van der Waals surface area contributed by atoms with Crippen molar-refractivity contribution in [3.05, 3.63) is 36.8 Å². The maximum Gasteiger partial charge on any atom is 0.321 e. The maximum absolute atomic E-state index is 12.7. The lowest BCUT2D eigenvalue weighted by atomic mass is 9.99. The number of hydrogen-bond acceptors (Lipinski definition) is 3. The smallest absolute Gasteiger partial charge is 0.321 e. The molecule has 0 radical (unpaired) electrons. The van der Waals surface area contributed by atoms with Gasteiger partial charge < -0.3 is 20.5 Å². The highest BCUT2D eigenvalue weighted by Gasteiger charge is 2.34. The Morgan fingerprint density at radius 2 is 2.20 bits per heavy atom. The van der Waals surface area contributed by atoms with E-state index in [9.17, 15) is 9.59 Å². The molecule has 2 aromatic rings. The number of H-pyrrole nitrogens is 1. The molecule has 1 aromatic carbocycles. The lowest BCUT2D eigenvalue weighted by Crippen LogP contribution is -2.43. The van der Waals surface area contributed by atoms with Crippen molar-refractivity contribution in [2.75, 3.05) is 18.4 Å². The summed E-state index contributed by atoms with van der Waals surface area (Å²) >= 11 is 0. The average molecular weight is 339 g/mol. The van der Waals surface area contributed by atoms with Gasteiger partial charge in [-0.25, -0.2) is 9.78 Å². The molecule has 25 heavy (non-hydrogen) atoms. The molecule has 2 aliphatic rings. The third kappa shape index (κ3) is 3.35. The molecule has 0 saturated carbocycles. The largest absolute Gasteiger partial charge is 0.351 e. The fourth-order valence-electron chi connectivity index (χ4n) is 3.60. The molecule has 2 bridgehead atoms. The highest BCUT2D eigenvalue weighted by Crippen LogP contribution is 2.24. The molecule has 2 atom stereocenters. The normalized spacial score (nSPS) is 22.9. The van der Waals surface area contributed by atoms with Crippen LogP contribution in [0.15, 0.2) is 36.8 Å². The third-order valence-corrected chi connectivity index (χ3v) is 4.91. The minimum Gasteiger partial charge on any atom is -0.351 e. The van der Waals surface area contributed by atoms with Crippen molar-refractivity contribution >= 4 is 17.6 Å². The number of imidazole rings is 1. The van der Waals surface area contributed by atoms with Crippen molar-refractivity contribution in [1.82, 2.24) is 20.2 Å². The van der Waals surface area contributed by atoms with Gasteiger partial charge in [0.1, 0.15) is 0 Å². The molecule has 0 unspecified atom stereocenters. The van der Waals surface area contributed by atoms with Gasteiger partial charge in [-0.2, -0.15) is 0 Å². The summed E-state index contributed by atoms with van der Waals surface area (Å²) in [4.78, 5) is 33.7. The first-order valence-electron chi connectivity index (χ1n) is 8.64. The molecule has 7 nitrogen and oxygen atoms in total. The van der Waals surface area contributed by atoms with Crippen molar-refractivity contribution in [1.29, 1.82) is 0 Å². The lowest BCUT2D eigenvalue weighted by Gasteiger charge is -2.27. The van der Waals surface area contributed by atoms with Crippen LogP contribution in [-0.2, 0) is 4.79 Å². The quantitative estimate of drug-likeness (QED) is 0.783. The zero-order valence-corrected chi connectivity index (χ0v) is 13.9. The third-order valence-electron chi connectivity index (χ3n) is 4.91. The van der Waals surface area contributed by atoms with Gasteiger partial charge in [-0.1, -0.05) is 18.6 Å². The molecule has 2 saturated heterocycles. The number of aromatic amines is 1. The second-order valence-electron chi connectivity index (χ2n) is 6.71. The molecule has 2 fully saturated rings. The molecule has 130 valence electrons. The fraction of sp³-hybridized carbons (Fsp3) is 0.389. The Balaban J connectivity index is 1.49. The van der Waals surface area contributed by atoms with Crippen LogP contribution in [-0.4, -0.2) is 45.9 Å². The van der Waals surface area contributed by atoms with Gasteiger partial charge in [0.25, 0.3) is 0 Å². The van der Waals surface area contributed by atoms with E-state index in [0.717, 1.165) is 36.2 Å². The van der Waals surface area contributed by atoms with E-state index in [-0.39, 0.29) is 23.9 Å². The van der Waals surface area contributed by atoms with E-state index in [1.165, 1.54) is 0 Å². The first-order valence-corrected chi connectivity index (χ1v) is 8.64. The van der Waals surface area contributed by atoms with E-state index in [2.05, 4.69) is 20.6 Å². The number of amides is 3. The number of rotatable bonds is 2. The van der Waals surface area contributed by atoms with Gasteiger partial charge in [0.15, 0.2) is 0 Å². The molecule has 0 aliphatic carbocycles. The number of nitrogens with one attached hydrogen (secondary N) is 3. The van der Waals surface area contributed by atoms with Crippen LogP contribution in [0.3, 0.4) is 0 Å². The van der Waals surface area contributed by atoms with E-state index < -0.39 is 0 Å². The SMILES string of the molecule is O=C1N[C@H]2CCC[C@@H]1CN(C(=O)Nc1cccc(-c3cnc[nH]3)c1)C2. The molecule has 3 heterocycles. The maximum atomic E-state index is 12.7. The Morgan fingerprint density at radius 3 is 3.04 bits per heavy atom. The Bertz CT molecular complexity index is 774. The van der Waals surface area contributed by atoms with Crippen LogP contribution in [0.1, 0.15) is 19.3 Å². The van der Waals surface area contributed by atoms with Crippen molar-refractivity contribution in [2.24, 2.45) is 5.92 Å². The Hall–Kier alpha value is -2.83. The topological polar surface area (TPSA) is 90.1 Å². The summed E-state index contributed by atoms with van der Waals surface area (Å²) in [5.74, 6) is -0.0198. The first-order chi connectivity index (χ1) is 12.2. The molecule has 3 amide bonds. The number of urea groups is 1. The number of benzene rings is 1. The molecular formula is C18H21N5O2. The molecular weight excluding hydrogens is 318 g/mol. The second-order valence-corrected chi connectivity index (χ2v) is 6.71. The second kappa shape index (κ2) is 6.58. The van der Waals surface area contributed by atoms with Crippen LogP contribution < -0.4 is 10.6 Å². The lowest BCUT2D eigenvalue weighted by molar-refractivity contribution is -0.124. The standard InChI is InChI=1S/C18H21N5O2/c24-17-13-4-2-6-15(21-17)10-23(9-13)18(25)22-14-5-1-3-12(7-14)16-8-19-11-20-16/h1,3,5,7-8,11,13,15H,2,4,6,9-10H2,(H,19,20)(H,21,24)(H,22,25)/t13-,15+/m1/s1. The van der Waals surface area contributed by atoms with E-state index in [4.69, 9.17) is 0 Å². The summed E-state index contributed by atoms with van der Waals surface area (Å²) in [7, 11) is 0. The number of fused-ring (bicyclic) bond motifs is 3. The van der Waals surface area contributed by atoms with E-state index in [0.29, 0.717) is 13.1 Å². The van der Waals surface area contributed by atoms with Crippen LogP contribution in [0, 0.1) is 5.92 Å². The molecule has 4 rings (SSSR count). The van der Waals surface area contributed by atoms with Gasteiger partial charge in [-0.15, -0.1) is 0 Å². The Kier molecular flexibility index (Phi) is 4.13. The minimum absolute atomic E-state index is 0.0575. The summed E-state index contributed by atoms with van der Waals surface area (Å²) in [6, 6.07) is 7.53. The number of likely N-dealkylation sites (tertiary alicyclic amines) is 1. The minimum atomic E-state index is -0.157. The summed E-state index contributed by atoms with van der Waals surface area (Å²) in [6.07, 6.45) is 6.19. The van der Waals surface area contributed by atoms with Gasteiger partial charge in [-0.3, -0.25) is 4.79 Å². The van der Waals surface area contributed by atoms with Gasteiger partial charge >= 0.3 is 6.03 Å².